The highest BCUT2D eigenvalue weighted by molar-refractivity contribution is 5.24. The van der Waals surface area contributed by atoms with Crippen molar-refractivity contribution >= 4 is 6.01 Å². The van der Waals surface area contributed by atoms with Gasteiger partial charge in [0.05, 0.1) is 13.2 Å². The lowest BCUT2D eigenvalue weighted by molar-refractivity contribution is 0.204. The molecule has 7 nitrogen and oxygen atoms in total. The van der Waals surface area contributed by atoms with Gasteiger partial charge in [-0.15, -0.1) is 5.10 Å². The molecule has 120 valence electrons. The van der Waals surface area contributed by atoms with Crippen LogP contribution in [-0.4, -0.2) is 66.1 Å². The van der Waals surface area contributed by atoms with Gasteiger partial charge in [0.15, 0.2) is 0 Å². The average molecular weight is 297 g/mol. The molecule has 7 heteroatoms. The van der Waals surface area contributed by atoms with E-state index < -0.39 is 0 Å². The van der Waals surface area contributed by atoms with Gasteiger partial charge in [-0.05, 0) is 25.4 Å². The average Bonchev–Trinajstić information content (AvgIpc) is 2.78. The molecule has 0 atom stereocenters. The van der Waals surface area contributed by atoms with E-state index in [-0.39, 0.29) is 6.61 Å². The highest BCUT2D eigenvalue weighted by Gasteiger charge is 2.19. The lowest BCUT2D eigenvalue weighted by Gasteiger charge is -2.19. The largest absolute Gasteiger partial charge is 0.407 e. The summed E-state index contributed by atoms with van der Waals surface area (Å²) in [4.78, 5) is 4.40. The molecular weight excluding hydrogens is 270 g/mol. The molecule has 1 fully saturated rings. The fraction of sp³-hybridized carbons (Fsp3) is 0.857. The minimum atomic E-state index is 0.215. The molecule has 1 saturated heterocycles. The molecule has 2 N–H and O–H groups in total. The summed E-state index contributed by atoms with van der Waals surface area (Å²) in [5.74, 6) is 1.25. The predicted octanol–water partition coefficient (Wildman–Crippen LogP) is 0.320. The zero-order valence-electron chi connectivity index (χ0n) is 13.1. The fourth-order valence-corrected chi connectivity index (χ4v) is 2.44. The third-order valence-electron chi connectivity index (χ3n) is 3.56. The lowest BCUT2D eigenvalue weighted by Crippen LogP contribution is -2.32. The first-order valence-electron chi connectivity index (χ1n) is 7.80. The van der Waals surface area contributed by atoms with Gasteiger partial charge in [-0.3, -0.25) is 4.90 Å². The van der Waals surface area contributed by atoms with Crippen LogP contribution >= 0.6 is 0 Å². The molecule has 0 amide bonds. The predicted molar refractivity (Wildman–Crippen MR) is 81.2 cm³/mol. The van der Waals surface area contributed by atoms with E-state index >= 15 is 0 Å². The summed E-state index contributed by atoms with van der Waals surface area (Å²) in [5.41, 5.74) is 0. The topological polar surface area (TPSA) is 77.7 Å². The van der Waals surface area contributed by atoms with Gasteiger partial charge in [0.25, 0.3) is 0 Å². The van der Waals surface area contributed by atoms with Crippen LogP contribution in [0.4, 0.5) is 6.01 Å². The van der Waals surface area contributed by atoms with E-state index in [4.69, 9.17) is 9.52 Å². The molecule has 2 heterocycles. The molecule has 1 aliphatic heterocycles. The molecule has 0 radical (unpaired) electrons. The standard InChI is InChI=1S/C14H27N5O2/c1-12(2)10-15-11-13-16-17-14(21-13)19-5-3-4-18(6-7-19)8-9-20/h12,15,20H,3-11H2,1-2H3. The Balaban J connectivity index is 1.83. The van der Waals surface area contributed by atoms with Crippen molar-refractivity contribution in [2.45, 2.75) is 26.8 Å². The monoisotopic (exact) mass is 297 g/mol. The third kappa shape index (κ3) is 5.26. The van der Waals surface area contributed by atoms with Crippen LogP contribution in [0.3, 0.4) is 0 Å². The summed E-state index contributed by atoms with van der Waals surface area (Å²) in [6, 6.07) is 0.613. The number of β-amino-alcohol motifs (C(OH)–C–C–N with tert-alkyl or cyclic N) is 1. The highest BCUT2D eigenvalue weighted by atomic mass is 16.4. The van der Waals surface area contributed by atoms with E-state index in [1.807, 2.05) is 0 Å². The molecule has 0 aliphatic carbocycles. The number of aromatic nitrogens is 2. The number of aliphatic hydroxyl groups is 1. The number of aliphatic hydroxyl groups excluding tert-OH is 1. The Hall–Kier alpha value is -1.18. The number of hydrogen-bond donors (Lipinski definition) is 2. The summed E-state index contributed by atoms with van der Waals surface area (Å²) in [6.45, 7) is 10.6. The maximum atomic E-state index is 9.01. The Morgan fingerprint density at radius 2 is 2.10 bits per heavy atom. The maximum absolute atomic E-state index is 9.01. The van der Waals surface area contributed by atoms with Crippen LogP contribution < -0.4 is 10.2 Å². The van der Waals surface area contributed by atoms with E-state index in [0.29, 0.717) is 24.4 Å². The van der Waals surface area contributed by atoms with Crippen molar-refractivity contribution in [3.63, 3.8) is 0 Å². The zero-order valence-corrected chi connectivity index (χ0v) is 13.1. The first kappa shape index (κ1) is 16.2. The Morgan fingerprint density at radius 1 is 1.24 bits per heavy atom. The Bertz CT molecular complexity index is 410. The van der Waals surface area contributed by atoms with Gasteiger partial charge in [-0.2, -0.15) is 0 Å². The van der Waals surface area contributed by atoms with Crippen molar-refractivity contribution in [1.82, 2.24) is 20.4 Å². The van der Waals surface area contributed by atoms with Gasteiger partial charge in [-0.25, -0.2) is 0 Å². The Kier molecular flexibility index (Phi) is 6.41. The first-order chi connectivity index (χ1) is 10.2. The van der Waals surface area contributed by atoms with Crippen LogP contribution in [0.5, 0.6) is 0 Å². The van der Waals surface area contributed by atoms with E-state index in [1.165, 1.54) is 0 Å². The molecule has 1 aromatic rings. The summed E-state index contributed by atoms with van der Waals surface area (Å²) < 4.78 is 5.73. The fourth-order valence-electron chi connectivity index (χ4n) is 2.44. The minimum Gasteiger partial charge on any atom is -0.407 e. The van der Waals surface area contributed by atoms with Crippen molar-refractivity contribution < 1.29 is 9.52 Å². The van der Waals surface area contributed by atoms with E-state index in [0.717, 1.165) is 45.7 Å². The molecule has 2 rings (SSSR count). The quantitative estimate of drug-likeness (QED) is 0.750. The highest BCUT2D eigenvalue weighted by Crippen LogP contribution is 2.14. The number of anilines is 1. The second-order valence-corrected chi connectivity index (χ2v) is 5.91. The number of rotatable bonds is 7. The van der Waals surface area contributed by atoms with Gasteiger partial charge in [-0.1, -0.05) is 18.9 Å². The van der Waals surface area contributed by atoms with Gasteiger partial charge < -0.3 is 19.7 Å². The van der Waals surface area contributed by atoms with Crippen LogP contribution in [0.15, 0.2) is 4.42 Å². The van der Waals surface area contributed by atoms with Gasteiger partial charge in [0, 0.05) is 26.2 Å². The molecule has 1 aliphatic rings. The first-order valence-corrected chi connectivity index (χ1v) is 7.80. The normalized spacial score (nSPS) is 17.4. The van der Waals surface area contributed by atoms with Crippen LogP contribution in [0.2, 0.25) is 0 Å². The van der Waals surface area contributed by atoms with Crippen molar-refractivity contribution in [2.24, 2.45) is 5.92 Å². The second-order valence-electron chi connectivity index (χ2n) is 5.91. The Morgan fingerprint density at radius 3 is 2.86 bits per heavy atom. The third-order valence-corrected chi connectivity index (χ3v) is 3.56. The van der Waals surface area contributed by atoms with Gasteiger partial charge >= 0.3 is 6.01 Å². The lowest BCUT2D eigenvalue weighted by atomic mass is 10.2. The number of hydrogen-bond acceptors (Lipinski definition) is 7. The smallest absolute Gasteiger partial charge is 0.318 e. The molecule has 0 aromatic carbocycles. The van der Waals surface area contributed by atoms with Crippen molar-refractivity contribution in [3.05, 3.63) is 5.89 Å². The van der Waals surface area contributed by atoms with Crippen molar-refractivity contribution in [1.29, 1.82) is 0 Å². The summed E-state index contributed by atoms with van der Waals surface area (Å²) >= 11 is 0. The molecular formula is C14H27N5O2. The number of nitrogens with zero attached hydrogens (tertiary/aromatic N) is 4. The van der Waals surface area contributed by atoms with Crippen LogP contribution in [0.1, 0.15) is 26.2 Å². The summed E-state index contributed by atoms with van der Waals surface area (Å²) in [5, 5.41) is 20.6. The maximum Gasteiger partial charge on any atom is 0.318 e. The molecule has 1 aromatic heterocycles. The van der Waals surface area contributed by atoms with E-state index in [2.05, 4.69) is 39.2 Å². The van der Waals surface area contributed by atoms with Crippen LogP contribution in [0.25, 0.3) is 0 Å². The summed E-state index contributed by atoms with van der Waals surface area (Å²) in [7, 11) is 0. The molecule has 0 unspecified atom stereocenters. The van der Waals surface area contributed by atoms with E-state index in [1.54, 1.807) is 0 Å². The second kappa shape index (κ2) is 8.31. The number of nitrogens with one attached hydrogen (secondary N) is 1. The van der Waals surface area contributed by atoms with Gasteiger partial charge in [0.2, 0.25) is 5.89 Å². The van der Waals surface area contributed by atoms with Crippen LogP contribution in [0, 0.1) is 5.92 Å². The zero-order chi connectivity index (χ0) is 15.1. The van der Waals surface area contributed by atoms with Crippen LogP contribution in [-0.2, 0) is 6.54 Å². The van der Waals surface area contributed by atoms with Gasteiger partial charge in [0.1, 0.15) is 0 Å². The van der Waals surface area contributed by atoms with Crippen molar-refractivity contribution in [2.75, 3.05) is 50.8 Å². The summed E-state index contributed by atoms with van der Waals surface area (Å²) in [6.07, 6.45) is 1.04. The SMILES string of the molecule is CC(C)CNCc1nnc(N2CCCN(CCO)CC2)o1. The molecule has 21 heavy (non-hydrogen) atoms. The molecule has 0 bridgehead atoms. The molecule has 0 saturated carbocycles. The Labute approximate surface area is 126 Å². The molecule has 0 spiro atoms. The van der Waals surface area contributed by atoms with Crippen molar-refractivity contribution in [3.8, 4) is 0 Å². The minimum absolute atomic E-state index is 0.215. The van der Waals surface area contributed by atoms with E-state index in [9.17, 15) is 0 Å².